The number of carbonyl (C=O) groups is 1. The summed E-state index contributed by atoms with van der Waals surface area (Å²) in [5.74, 6) is -0.0283. The maximum absolute atomic E-state index is 13.0. The molecule has 0 saturated heterocycles. The number of nitrogens with zero attached hydrogens (tertiary/aromatic N) is 2. The quantitative estimate of drug-likeness (QED) is 0.751. The van der Waals surface area contributed by atoms with E-state index in [2.05, 4.69) is 0 Å². The van der Waals surface area contributed by atoms with Crippen LogP contribution in [-0.4, -0.2) is 17.2 Å². The summed E-state index contributed by atoms with van der Waals surface area (Å²) in [5, 5.41) is 11.1. The number of aliphatic hydroxyl groups is 1. The Labute approximate surface area is 146 Å². The van der Waals surface area contributed by atoms with E-state index in [0.29, 0.717) is 12.4 Å². The van der Waals surface area contributed by atoms with Gasteiger partial charge in [0.1, 0.15) is 6.54 Å². The first kappa shape index (κ1) is 15.5. The van der Waals surface area contributed by atoms with Gasteiger partial charge in [-0.2, -0.15) is 4.57 Å². The summed E-state index contributed by atoms with van der Waals surface area (Å²) in [6, 6.07) is 25.0. The lowest BCUT2D eigenvalue weighted by Crippen LogP contribution is -2.61. The molecule has 0 aliphatic carbocycles. The zero-order valence-corrected chi connectivity index (χ0v) is 13.7. The van der Waals surface area contributed by atoms with E-state index in [0.717, 1.165) is 11.1 Å². The number of anilines is 1. The number of fused-ring (bicyclic) bond motifs is 1. The van der Waals surface area contributed by atoms with Crippen LogP contribution >= 0.6 is 0 Å². The van der Waals surface area contributed by atoms with Crippen molar-refractivity contribution < 1.29 is 14.5 Å². The van der Waals surface area contributed by atoms with E-state index in [1.807, 2.05) is 83.8 Å². The Morgan fingerprint density at radius 3 is 2.24 bits per heavy atom. The smallest absolute Gasteiger partial charge is 0.328 e. The first-order valence-electron chi connectivity index (χ1n) is 8.34. The normalized spacial score (nSPS) is 19.6. The molecule has 1 aliphatic heterocycles. The highest BCUT2D eigenvalue weighted by atomic mass is 16.3. The van der Waals surface area contributed by atoms with Crippen molar-refractivity contribution in [1.29, 1.82) is 0 Å². The lowest BCUT2D eigenvalue weighted by molar-refractivity contribution is -0.568. The summed E-state index contributed by atoms with van der Waals surface area (Å²) >= 11 is 0. The molecule has 0 radical (unpaired) electrons. The molecule has 1 N–H and O–H groups in total. The summed E-state index contributed by atoms with van der Waals surface area (Å²) in [5.41, 5.74) is 1.90. The van der Waals surface area contributed by atoms with Crippen molar-refractivity contribution in [3.8, 4) is 0 Å². The van der Waals surface area contributed by atoms with E-state index >= 15 is 0 Å². The summed E-state index contributed by atoms with van der Waals surface area (Å²) in [7, 11) is 0. The van der Waals surface area contributed by atoms with Crippen LogP contribution in [0.3, 0.4) is 0 Å². The number of rotatable bonds is 3. The second kappa shape index (κ2) is 6.49. The molecule has 4 heteroatoms. The van der Waals surface area contributed by atoms with Crippen LogP contribution in [0.4, 0.5) is 5.82 Å². The second-order valence-electron chi connectivity index (χ2n) is 6.18. The van der Waals surface area contributed by atoms with Crippen LogP contribution in [0.25, 0.3) is 0 Å². The van der Waals surface area contributed by atoms with Gasteiger partial charge < -0.3 is 5.11 Å². The van der Waals surface area contributed by atoms with Crippen molar-refractivity contribution in [3.05, 3.63) is 96.2 Å². The van der Waals surface area contributed by atoms with Gasteiger partial charge in [-0.05, 0) is 17.2 Å². The van der Waals surface area contributed by atoms with Crippen LogP contribution in [0.1, 0.15) is 21.8 Å². The van der Waals surface area contributed by atoms with Crippen LogP contribution < -0.4 is 9.47 Å². The number of pyridine rings is 1. The van der Waals surface area contributed by atoms with Crippen LogP contribution in [0.2, 0.25) is 0 Å². The van der Waals surface area contributed by atoms with Crippen LogP contribution in [-0.2, 0) is 6.54 Å². The summed E-state index contributed by atoms with van der Waals surface area (Å²) in [4.78, 5) is 14.9. The van der Waals surface area contributed by atoms with Crippen LogP contribution in [0, 0.1) is 0 Å². The molecule has 2 heterocycles. The highest BCUT2D eigenvalue weighted by Gasteiger charge is 2.46. The van der Waals surface area contributed by atoms with E-state index in [1.54, 1.807) is 10.8 Å². The Morgan fingerprint density at radius 1 is 0.880 bits per heavy atom. The summed E-state index contributed by atoms with van der Waals surface area (Å²) < 4.78 is 1.63. The maximum Gasteiger partial charge on any atom is 0.328 e. The minimum absolute atomic E-state index is 0.112. The molecule has 25 heavy (non-hydrogen) atoms. The molecule has 4 rings (SSSR count). The number of hydrogen-bond acceptors (Lipinski definition) is 3. The molecule has 0 bridgehead atoms. The van der Waals surface area contributed by atoms with E-state index in [1.165, 1.54) is 0 Å². The van der Waals surface area contributed by atoms with Crippen LogP contribution in [0.5, 0.6) is 0 Å². The first-order valence-corrected chi connectivity index (χ1v) is 8.34. The topological polar surface area (TPSA) is 44.4 Å². The van der Waals surface area contributed by atoms with Gasteiger partial charge in [-0.3, -0.25) is 0 Å². The number of aromatic nitrogens is 1. The Balaban J connectivity index is 1.79. The summed E-state index contributed by atoms with van der Waals surface area (Å²) in [6.45, 7) is 0.530. The van der Waals surface area contributed by atoms with Gasteiger partial charge in [-0.1, -0.05) is 66.7 Å². The van der Waals surface area contributed by atoms with E-state index in [4.69, 9.17) is 0 Å². The molecule has 2 atom stereocenters. The minimum Gasteiger partial charge on any atom is -0.354 e. The van der Waals surface area contributed by atoms with E-state index in [9.17, 15) is 9.90 Å². The molecule has 0 saturated carbocycles. The van der Waals surface area contributed by atoms with Gasteiger partial charge in [0.25, 0.3) is 5.82 Å². The third-order valence-corrected chi connectivity index (χ3v) is 4.61. The van der Waals surface area contributed by atoms with Gasteiger partial charge in [0.2, 0.25) is 6.23 Å². The maximum atomic E-state index is 13.0. The zero-order valence-electron chi connectivity index (χ0n) is 13.7. The minimum atomic E-state index is -0.919. The molecular formula is C21H19N2O2+. The SMILES string of the molecule is O=C1C(c2ccccc2)C(O)N(Cc2ccccc2)c2cccc[n+]21. The van der Waals surface area contributed by atoms with Gasteiger partial charge in [-0.25, -0.2) is 9.69 Å². The third kappa shape index (κ3) is 2.81. The molecule has 0 fully saturated rings. The lowest BCUT2D eigenvalue weighted by atomic mass is 9.93. The molecule has 2 aromatic carbocycles. The molecule has 124 valence electrons. The van der Waals surface area contributed by atoms with Crippen molar-refractivity contribution in [2.24, 2.45) is 0 Å². The lowest BCUT2D eigenvalue weighted by Gasteiger charge is -2.33. The number of hydrogen-bond donors (Lipinski definition) is 1. The van der Waals surface area contributed by atoms with Crippen molar-refractivity contribution >= 4 is 11.7 Å². The Hall–Kier alpha value is -2.98. The average molecular weight is 331 g/mol. The van der Waals surface area contributed by atoms with Gasteiger partial charge in [0.15, 0.2) is 5.92 Å². The fourth-order valence-corrected chi connectivity index (χ4v) is 3.38. The number of carbonyl (C=O) groups excluding carboxylic acids is 1. The molecule has 0 amide bonds. The van der Waals surface area contributed by atoms with Crippen molar-refractivity contribution in [2.45, 2.75) is 18.7 Å². The first-order chi connectivity index (χ1) is 12.3. The third-order valence-electron chi connectivity index (χ3n) is 4.61. The zero-order chi connectivity index (χ0) is 17.2. The Morgan fingerprint density at radius 2 is 1.52 bits per heavy atom. The molecule has 1 aromatic heterocycles. The number of aliphatic hydroxyl groups excluding tert-OH is 1. The van der Waals surface area contributed by atoms with Gasteiger partial charge in [0.05, 0.1) is 6.20 Å². The molecule has 4 nitrogen and oxygen atoms in total. The van der Waals surface area contributed by atoms with Gasteiger partial charge in [-0.15, -0.1) is 0 Å². The molecular weight excluding hydrogens is 312 g/mol. The molecule has 1 aliphatic rings. The Kier molecular flexibility index (Phi) is 4.04. The summed E-state index contributed by atoms with van der Waals surface area (Å²) in [6.07, 6.45) is 0.842. The van der Waals surface area contributed by atoms with Crippen molar-refractivity contribution in [2.75, 3.05) is 4.90 Å². The van der Waals surface area contributed by atoms with E-state index < -0.39 is 12.1 Å². The molecule has 3 aromatic rings. The Bertz CT molecular complexity index is 881. The van der Waals surface area contributed by atoms with E-state index in [-0.39, 0.29) is 5.91 Å². The van der Waals surface area contributed by atoms with Gasteiger partial charge in [0, 0.05) is 6.07 Å². The van der Waals surface area contributed by atoms with Crippen LogP contribution in [0.15, 0.2) is 85.1 Å². The predicted octanol–water partition coefficient (Wildman–Crippen LogP) is 2.74. The van der Waals surface area contributed by atoms with Crippen molar-refractivity contribution in [1.82, 2.24) is 0 Å². The highest BCUT2D eigenvalue weighted by Crippen LogP contribution is 2.30. The van der Waals surface area contributed by atoms with Gasteiger partial charge >= 0.3 is 5.91 Å². The van der Waals surface area contributed by atoms with Crippen molar-refractivity contribution in [3.63, 3.8) is 0 Å². The largest absolute Gasteiger partial charge is 0.354 e. The predicted molar refractivity (Wildman–Crippen MR) is 95.1 cm³/mol. The monoisotopic (exact) mass is 331 g/mol. The second-order valence-corrected chi connectivity index (χ2v) is 6.18. The fourth-order valence-electron chi connectivity index (χ4n) is 3.38. The molecule has 0 spiro atoms. The number of benzene rings is 2. The average Bonchev–Trinajstić information content (AvgIpc) is 2.67. The standard InChI is InChI=1S/C21H19N2O2/c24-20-19(17-11-5-2-6-12-17)21(25)23(15-16-9-3-1-4-10-16)18-13-7-8-14-22(18)20/h1-14,19,21,25H,15H2/q+1. The molecule has 2 unspecified atom stereocenters. The fraction of sp³-hybridized carbons (Fsp3) is 0.143. The highest BCUT2D eigenvalue weighted by molar-refractivity contribution is 5.80.